The predicted molar refractivity (Wildman–Crippen MR) is 31.5 cm³/mol. The maximum atomic E-state index is 10.6. The highest BCUT2D eigenvalue weighted by Crippen LogP contribution is 1.88. The Morgan fingerprint density at radius 3 is 3.00 bits per heavy atom. The van der Waals surface area contributed by atoms with Crippen molar-refractivity contribution in [1.29, 1.82) is 0 Å². The highest BCUT2D eigenvalue weighted by Gasteiger charge is 2.09. The van der Waals surface area contributed by atoms with E-state index in [2.05, 4.69) is 14.8 Å². The zero-order valence-electron chi connectivity index (χ0n) is 5.31. The van der Waals surface area contributed by atoms with Crippen LogP contribution in [0.4, 0.5) is 0 Å². The topological polar surface area (TPSA) is 83.0 Å². The van der Waals surface area contributed by atoms with Crippen LogP contribution in [0.1, 0.15) is 10.6 Å². The van der Waals surface area contributed by atoms with Gasteiger partial charge in [0.1, 0.15) is 6.33 Å². The molecule has 0 unspecified atom stereocenters. The lowest BCUT2D eigenvalue weighted by molar-refractivity contribution is 0.0587. The van der Waals surface area contributed by atoms with Gasteiger partial charge in [-0.15, -0.1) is 5.10 Å². The van der Waals surface area contributed by atoms with Gasteiger partial charge in [-0.05, 0) is 0 Å². The first-order valence-corrected chi connectivity index (χ1v) is 2.49. The lowest BCUT2D eigenvalue weighted by Crippen LogP contribution is -2.10. The molecule has 0 fully saturated rings. The van der Waals surface area contributed by atoms with Crippen LogP contribution in [0.3, 0.4) is 0 Å². The molecule has 1 heterocycles. The molecular weight excluding hydrogens is 136 g/mol. The van der Waals surface area contributed by atoms with E-state index in [9.17, 15) is 4.79 Å². The summed E-state index contributed by atoms with van der Waals surface area (Å²) < 4.78 is 4.32. The van der Waals surface area contributed by atoms with Crippen LogP contribution in [0.5, 0.6) is 0 Å². The molecule has 0 aliphatic rings. The van der Waals surface area contributed by atoms with Crippen molar-refractivity contribution in [3.8, 4) is 0 Å². The van der Waals surface area contributed by atoms with Gasteiger partial charge in [0.25, 0.3) is 5.82 Å². The quantitative estimate of drug-likeness (QED) is 0.392. The summed E-state index contributed by atoms with van der Waals surface area (Å²) in [6, 6.07) is 0. The summed E-state index contributed by atoms with van der Waals surface area (Å²) in [5.41, 5.74) is 0. The Morgan fingerprint density at radius 1 is 1.90 bits per heavy atom. The van der Waals surface area contributed by atoms with Crippen LogP contribution < -0.4 is 5.84 Å². The van der Waals surface area contributed by atoms with Crippen LogP contribution in [0, 0.1) is 0 Å². The van der Waals surface area contributed by atoms with Crippen molar-refractivity contribution in [2.75, 3.05) is 13.0 Å². The molecule has 0 amide bonds. The standard InChI is InChI=1S/C4H6N4O2/c1-10-4(9)3-6-2-8(5)7-3/h2H,5H2,1H3. The second-order valence-corrected chi connectivity index (χ2v) is 1.54. The second kappa shape index (κ2) is 2.34. The molecule has 0 bridgehead atoms. The fourth-order valence-corrected chi connectivity index (χ4v) is 0.460. The van der Waals surface area contributed by atoms with Gasteiger partial charge in [0, 0.05) is 0 Å². The van der Waals surface area contributed by atoms with Crippen LogP contribution in [-0.4, -0.2) is 28.0 Å². The first kappa shape index (κ1) is 6.53. The van der Waals surface area contributed by atoms with E-state index in [1.807, 2.05) is 0 Å². The molecule has 1 aromatic rings. The number of carbonyl (C=O) groups is 1. The van der Waals surface area contributed by atoms with Crippen LogP contribution in [0.25, 0.3) is 0 Å². The molecule has 0 radical (unpaired) electrons. The molecule has 2 N–H and O–H groups in total. The molecule has 0 spiro atoms. The number of esters is 1. The average Bonchev–Trinajstić information content (AvgIpc) is 2.34. The minimum atomic E-state index is -0.593. The number of carbonyl (C=O) groups excluding carboxylic acids is 1. The molecule has 0 aliphatic heterocycles. The van der Waals surface area contributed by atoms with Crippen molar-refractivity contribution in [3.63, 3.8) is 0 Å². The van der Waals surface area contributed by atoms with Crippen LogP contribution in [-0.2, 0) is 4.74 Å². The Morgan fingerprint density at radius 2 is 2.60 bits per heavy atom. The van der Waals surface area contributed by atoms with Crippen molar-refractivity contribution in [2.24, 2.45) is 0 Å². The summed E-state index contributed by atoms with van der Waals surface area (Å²) in [4.78, 5) is 15.1. The normalized spacial score (nSPS) is 9.30. The number of nitrogen functional groups attached to an aromatic ring is 1. The molecular formula is C4H6N4O2. The Hall–Kier alpha value is -1.59. The number of methoxy groups -OCH3 is 1. The Labute approximate surface area is 56.6 Å². The highest BCUT2D eigenvalue weighted by atomic mass is 16.5. The summed E-state index contributed by atoms with van der Waals surface area (Å²) >= 11 is 0. The Balaban J connectivity index is 2.85. The van der Waals surface area contributed by atoms with E-state index >= 15 is 0 Å². The fraction of sp³-hybridized carbons (Fsp3) is 0.250. The number of hydrogen-bond acceptors (Lipinski definition) is 5. The third-order valence-electron chi connectivity index (χ3n) is 0.876. The van der Waals surface area contributed by atoms with Gasteiger partial charge < -0.3 is 10.6 Å². The van der Waals surface area contributed by atoms with E-state index in [1.165, 1.54) is 13.4 Å². The Kier molecular flexibility index (Phi) is 1.53. The summed E-state index contributed by atoms with van der Waals surface area (Å²) in [5, 5.41) is 3.49. The van der Waals surface area contributed by atoms with Gasteiger partial charge in [-0.1, -0.05) is 0 Å². The zero-order valence-corrected chi connectivity index (χ0v) is 5.31. The minimum absolute atomic E-state index is 0.0370. The third-order valence-corrected chi connectivity index (χ3v) is 0.876. The highest BCUT2D eigenvalue weighted by molar-refractivity contribution is 5.84. The third kappa shape index (κ3) is 1.04. The summed E-state index contributed by atoms with van der Waals surface area (Å²) in [5.74, 6) is 4.48. The SMILES string of the molecule is COC(=O)c1ncn(N)n1. The van der Waals surface area contributed by atoms with E-state index in [0.29, 0.717) is 0 Å². The number of rotatable bonds is 1. The smallest absolute Gasteiger partial charge is 0.378 e. The van der Waals surface area contributed by atoms with Gasteiger partial charge in [0.15, 0.2) is 0 Å². The van der Waals surface area contributed by atoms with Crippen molar-refractivity contribution in [1.82, 2.24) is 14.9 Å². The number of hydrogen-bond donors (Lipinski definition) is 1. The summed E-state index contributed by atoms with van der Waals surface area (Å²) in [6.07, 6.45) is 1.21. The van der Waals surface area contributed by atoms with Gasteiger partial charge in [-0.2, -0.15) is 4.79 Å². The van der Waals surface area contributed by atoms with Gasteiger partial charge in [0.05, 0.1) is 7.11 Å². The molecule has 10 heavy (non-hydrogen) atoms. The van der Waals surface area contributed by atoms with Crippen LogP contribution in [0.2, 0.25) is 0 Å². The number of nitrogens with two attached hydrogens (primary N) is 1. The van der Waals surface area contributed by atoms with E-state index in [1.54, 1.807) is 0 Å². The second-order valence-electron chi connectivity index (χ2n) is 1.54. The molecule has 6 nitrogen and oxygen atoms in total. The maximum absolute atomic E-state index is 10.6. The molecule has 1 aromatic heterocycles. The molecule has 0 atom stereocenters. The molecule has 0 saturated carbocycles. The first-order chi connectivity index (χ1) is 4.74. The maximum Gasteiger partial charge on any atom is 0.378 e. The number of ether oxygens (including phenoxy) is 1. The molecule has 6 heteroatoms. The number of aromatic nitrogens is 3. The lowest BCUT2D eigenvalue weighted by Gasteiger charge is -1.88. The zero-order chi connectivity index (χ0) is 7.56. The molecule has 0 aromatic carbocycles. The predicted octanol–water partition coefficient (Wildman–Crippen LogP) is -1.22. The minimum Gasteiger partial charge on any atom is -0.463 e. The van der Waals surface area contributed by atoms with E-state index in [0.717, 1.165) is 4.79 Å². The average molecular weight is 142 g/mol. The van der Waals surface area contributed by atoms with Crippen molar-refractivity contribution < 1.29 is 9.53 Å². The van der Waals surface area contributed by atoms with Gasteiger partial charge in [0.2, 0.25) is 0 Å². The molecule has 54 valence electrons. The van der Waals surface area contributed by atoms with Gasteiger partial charge in [-0.25, -0.2) is 9.78 Å². The lowest BCUT2D eigenvalue weighted by atomic mass is 10.6. The molecule has 1 rings (SSSR count). The van der Waals surface area contributed by atoms with E-state index in [-0.39, 0.29) is 5.82 Å². The number of nitrogens with zero attached hydrogens (tertiary/aromatic N) is 3. The summed E-state index contributed by atoms with van der Waals surface area (Å²) in [7, 11) is 1.25. The van der Waals surface area contributed by atoms with Gasteiger partial charge in [-0.3, -0.25) is 0 Å². The summed E-state index contributed by atoms with van der Waals surface area (Å²) in [6.45, 7) is 0. The van der Waals surface area contributed by atoms with Crippen LogP contribution in [0.15, 0.2) is 6.33 Å². The van der Waals surface area contributed by atoms with Crippen molar-refractivity contribution in [3.05, 3.63) is 12.2 Å². The molecule has 0 saturated heterocycles. The van der Waals surface area contributed by atoms with E-state index < -0.39 is 5.97 Å². The Bertz CT molecular complexity index is 243. The largest absolute Gasteiger partial charge is 0.463 e. The first-order valence-electron chi connectivity index (χ1n) is 2.49. The van der Waals surface area contributed by atoms with Crippen molar-refractivity contribution >= 4 is 5.97 Å². The van der Waals surface area contributed by atoms with Crippen LogP contribution >= 0.6 is 0 Å². The van der Waals surface area contributed by atoms with Gasteiger partial charge >= 0.3 is 5.97 Å². The fourth-order valence-electron chi connectivity index (χ4n) is 0.460. The monoisotopic (exact) mass is 142 g/mol. The van der Waals surface area contributed by atoms with Crippen molar-refractivity contribution in [2.45, 2.75) is 0 Å². The van der Waals surface area contributed by atoms with E-state index in [4.69, 9.17) is 5.84 Å². The molecule has 0 aliphatic carbocycles.